The molecule has 0 spiro atoms. The van der Waals surface area contributed by atoms with Gasteiger partial charge in [-0.3, -0.25) is 18.8 Å². The zero-order valence-electron chi connectivity index (χ0n) is 15.5. The molecule has 9 nitrogen and oxygen atoms in total. The van der Waals surface area contributed by atoms with Gasteiger partial charge in [0.25, 0.3) is 11.5 Å². The molecule has 2 N–H and O–H groups in total. The van der Waals surface area contributed by atoms with E-state index in [9.17, 15) is 14.4 Å². The highest BCUT2D eigenvalue weighted by molar-refractivity contribution is 5.77. The summed E-state index contributed by atoms with van der Waals surface area (Å²) in [5.74, 6) is -0.994. The highest BCUT2D eigenvalue weighted by Crippen LogP contribution is 2.39. The molecule has 1 amide bonds. The van der Waals surface area contributed by atoms with E-state index in [1.807, 2.05) is 0 Å². The van der Waals surface area contributed by atoms with E-state index in [0.29, 0.717) is 28.3 Å². The number of esters is 1. The Morgan fingerprint density at radius 3 is 2.86 bits per heavy atom. The number of carbonyl (C=O) groups excluding carboxylic acids is 2. The van der Waals surface area contributed by atoms with Crippen LogP contribution in [-0.2, 0) is 9.59 Å². The minimum Gasteiger partial charge on any atom is -0.493 e. The third-order valence-corrected chi connectivity index (χ3v) is 4.62. The van der Waals surface area contributed by atoms with Gasteiger partial charge in [-0.2, -0.15) is 4.98 Å². The number of aromatic nitrogens is 2. The molecule has 1 aliphatic heterocycles. The maximum absolute atomic E-state index is 13.1. The molecule has 4 rings (SSSR count). The summed E-state index contributed by atoms with van der Waals surface area (Å²) in [6, 6.07) is 10.1. The fourth-order valence-corrected chi connectivity index (χ4v) is 3.33. The molecule has 0 aliphatic carbocycles. The van der Waals surface area contributed by atoms with Crippen molar-refractivity contribution in [1.82, 2.24) is 9.38 Å². The summed E-state index contributed by atoms with van der Waals surface area (Å²) in [5, 5.41) is 0. The van der Waals surface area contributed by atoms with E-state index < -0.39 is 17.8 Å². The lowest BCUT2D eigenvalue weighted by Crippen LogP contribution is -2.31. The maximum atomic E-state index is 13.1. The third kappa shape index (κ3) is 3.38. The summed E-state index contributed by atoms with van der Waals surface area (Å²) in [6.07, 6.45) is 1.59. The molecule has 1 aliphatic rings. The topological polar surface area (TPSA) is 122 Å². The van der Waals surface area contributed by atoms with Gasteiger partial charge in [0, 0.05) is 12.1 Å². The Labute approximate surface area is 164 Å². The van der Waals surface area contributed by atoms with Crippen molar-refractivity contribution < 1.29 is 23.8 Å². The Morgan fingerprint density at radius 2 is 2.10 bits per heavy atom. The van der Waals surface area contributed by atoms with Crippen molar-refractivity contribution in [3.05, 3.63) is 64.1 Å². The number of benzene rings is 1. The lowest BCUT2D eigenvalue weighted by molar-refractivity contribution is -0.136. The third-order valence-electron chi connectivity index (χ3n) is 4.62. The van der Waals surface area contributed by atoms with Gasteiger partial charge in [0.1, 0.15) is 5.65 Å². The van der Waals surface area contributed by atoms with Crippen molar-refractivity contribution in [2.45, 2.75) is 12.3 Å². The predicted molar refractivity (Wildman–Crippen MR) is 101 cm³/mol. The first-order chi connectivity index (χ1) is 14.0. The van der Waals surface area contributed by atoms with E-state index in [1.165, 1.54) is 11.5 Å². The van der Waals surface area contributed by atoms with Crippen molar-refractivity contribution >= 4 is 17.5 Å². The van der Waals surface area contributed by atoms with Gasteiger partial charge in [0.15, 0.2) is 18.1 Å². The summed E-state index contributed by atoms with van der Waals surface area (Å²) in [7, 11) is 1.45. The Bertz CT molecular complexity index is 1190. The van der Waals surface area contributed by atoms with Crippen LogP contribution in [-0.4, -0.2) is 35.0 Å². The number of nitrogens with zero attached hydrogens (tertiary/aromatic N) is 2. The number of amides is 1. The average molecular weight is 395 g/mol. The van der Waals surface area contributed by atoms with Gasteiger partial charge >= 0.3 is 5.97 Å². The highest BCUT2D eigenvalue weighted by atomic mass is 16.5. The quantitative estimate of drug-likeness (QED) is 0.640. The van der Waals surface area contributed by atoms with Crippen LogP contribution in [0.3, 0.4) is 0 Å². The molecule has 0 bridgehead atoms. The van der Waals surface area contributed by atoms with E-state index in [1.54, 1.807) is 42.6 Å². The predicted octanol–water partition coefficient (Wildman–Crippen LogP) is 1.01. The Morgan fingerprint density at radius 1 is 1.28 bits per heavy atom. The largest absolute Gasteiger partial charge is 0.493 e. The number of pyridine rings is 1. The zero-order valence-corrected chi connectivity index (χ0v) is 15.5. The first-order valence-electron chi connectivity index (χ1n) is 8.79. The number of fused-ring (bicyclic) bond motifs is 2. The van der Waals surface area contributed by atoms with Gasteiger partial charge in [-0.1, -0.05) is 12.1 Å². The fraction of sp³-hybridized carbons (Fsp3) is 0.200. The molecule has 1 aromatic carbocycles. The molecule has 0 radical (unpaired) electrons. The van der Waals surface area contributed by atoms with E-state index in [4.69, 9.17) is 19.9 Å². The van der Waals surface area contributed by atoms with E-state index in [-0.39, 0.29) is 24.5 Å². The molecule has 0 saturated carbocycles. The summed E-state index contributed by atoms with van der Waals surface area (Å²) in [4.78, 5) is 40.6. The summed E-state index contributed by atoms with van der Waals surface area (Å²) in [6.45, 7) is -0.300. The van der Waals surface area contributed by atoms with Gasteiger partial charge in [-0.15, -0.1) is 0 Å². The van der Waals surface area contributed by atoms with Gasteiger partial charge in [0.05, 0.1) is 19.1 Å². The standard InChI is InChI=1S/C20H17N3O6/c1-27-14-8-11(5-6-13(14)28-10-15(21)24)12-9-17(25)29-19-18(12)20(26)23-7-3-2-4-16(23)22-19/h2-8,12H,9-10H2,1H3,(H2,21,24). The fourth-order valence-electron chi connectivity index (χ4n) is 3.33. The van der Waals surface area contributed by atoms with Gasteiger partial charge in [-0.25, -0.2) is 0 Å². The number of rotatable bonds is 5. The van der Waals surface area contributed by atoms with Crippen molar-refractivity contribution in [3.63, 3.8) is 0 Å². The highest BCUT2D eigenvalue weighted by Gasteiger charge is 2.33. The first kappa shape index (κ1) is 18.5. The van der Waals surface area contributed by atoms with Gasteiger partial charge < -0.3 is 19.9 Å². The number of nitrogens with two attached hydrogens (primary N) is 1. The Kier molecular flexibility index (Phi) is 4.63. The molecule has 9 heteroatoms. The molecule has 29 heavy (non-hydrogen) atoms. The van der Waals surface area contributed by atoms with Crippen LogP contribution >= 0.6 is 0 Å². The van der Waals surface area contributed by atoms with Crippen LogP contribution in [0.5, 0.6) is 17.4 Å². The maximum Gasteiger partial charge on any atom is 0.313 e. The van der Waals surface area contributed by atoms with Crippen molar-refractivity contribution in [1.29, 1.82) is 0 Å². The van der Waals surface area contributed by atoms with Crippen LogP contribution in [0.25, 0.3) is 5.65 Å². The summed E-state index contributed by atoms with van der Waals surface area (Å²) in [5.41, 5.74) is 6.13. The van der Waals surface area contributed by atoms with Crippen LogP contribution in [0, 0.1) is 0 Å². The SMILES string of the molecule is COc1cc(C2CC(=O)Oc3nc4ccccn4c(=O)c32)ccc1OCC(N)=O. The second kappa shape index (κ2) is 7.27. The molecule has 3 aromatic rings. The zero-order chi connectivity index (χ0) is 20.5. The number of primary amides is 1. The van der Waals surface area contributed by atoms with Crippen molar-refractivity contribution in [2.24, 2.45) is 5.73 Å². The number of ether oxygens (including phenoxy) is 3. The van der Waals surface area contributed by atoms with Crippen molar-refractivity contribution in [2.75, 3.05) is 13.7 Å². The van der Waals surface area contributed by atoms with E-state index >= 15 is 0 Å². The molecular weight excluding hydrogens is 378 g/mol. The van der Waals surface area contributed by atoms with E-state index in [2.05, 4.69) is 4.98 Å². The number of methoxy groups -OCH3 is 1. The molecule has 148 valence electrons. The minimum absolute atomic E-state index is 0.00970. The molecule has 1 unspecified atom stereocenters. The normalized spacial score (nSPS) is 15.5. The Hall–Kier alpha value is -3.88. The monoisotopic (exact) mass is 395 g/mol. The Balaban J connectivity index is 1.82. The summed E-state index contributed by atoms with van der Waals surface area (Å²) >= 11 is 0. The number of hydrogen-bond acceptors (Lipinski definition) is 7. The molecule has 0 saturated heterocycles. The smallest absolute Gasteiger partial charge is 0.313 e. The minimum atomic E-state index is -0.619. The van der Waals surface area contributed by atoms with Crippen LogP contribution in [0.4, 0.5) is 0 Å². The van der Waals surface area contributed by atoms with E-state index in [0.717, 1.165) is 0 Å². The second-order valence-corrected chi connectivity index (χ2v) is 6.46. The molecular formula is C20H17N3O6. The number of hydrogen-bond donors (Lipinski definition) is 1. The first-order valence-corrected chi connectivity index (χ1v) is 8.79. The molecule has 0 fully saturated rings. The van der Waals surface area contributed by atoms with Crippen molar-refractivity contribution in [3.8, 4) is 17.4 Å². The lowest BCUT2D eigenvalue weighted by Gasteiger charge is -2.24. The summed E-state index contributed by atoms with van der Waals surface area (Å²) < 4.78 is 17.3. The van der Waals surface area contributed by atoms with Crippen LogP contribution < -0.4 is 25.5 Å². The van der Waals surface area contributed by atoms with Gasteiger partial charge in [-0.05, 0) is 29.8 Å². The van der Waals surface area contributed by atoms with Crippen LogP contribution in [0.15, 0.2) is 47.4 Å². The number of carbonyl (C=O) groups is 2. The lowest BCUT2D eigenvalue weighted by atomic mass is 9.88. The molecule has 2 aromatic heterocycles. The second-order valence-electron chi connectivity index (χ2n) is 6.46. The molecule has 1 atom stereocenters. The average Bonchev–Trinajstić information content (AvgIpc) is 2.71. The molecule has 3 heterocycles. The van der Waals surface area contributed by atoms with Crippen LogP contribution in [0.2, 0.25) is 0 Å². The van der Waals surface area contributed by atoms with Crippen LogP contribution in [0.1, 0.15) is 23.5 Å². The van der Waals surface area contributed by atoms with Gasteiger partial charge in [0.2, 0.25) is 5.88 Å².